The summed E-state index contributed by atoms with van der Waals surface area (Å²) < 4.78 is 19.0. The van der Waals surface area contributed by atoms with Gasteiger partial charge in [0.2, 0.25) is 0 Å². The van der Waals surface area contributed by atoms with Gasteiger partial charge in [-0.3, -0.25) is 0 Å². The Kier molecular flexibility index (Phi) is 5.45. The maximum Gasteiger partial charge on any atom is 0.125 e. The fraction of sp³-hybridized carbons (Fsp3) is 0.538. The van der Waals surface area contributed by atoms with E-state index in [2.05, 4.69) is 21.2 Å². The Labute approximate surface area is 125 Å². The second kappa shape index (κ2) is 6.88. The molecular weight excluding hydrogens is 337 g/mol. The number of hydrogen-bond donors (Lipinski definition) is 2. The highest BCUT2D eigenvalue weighted by Gasteiger charge is 2.21. The van der Waals surface area contributed by atoms with Gasteiger partial charge in [0, 0.05) is 17.6 Å². The second-order valence-corrected chi connectivity index (χ2v) is 6.02. The molecule has 1 saturated carbocycles. The van der Waals surface area contributed by atoms with Crippen LogP contribution in [-0.4, -0.2) is 31.0 Å². The molecule has 0 aromatic heterocycles. The molecular formula is C13H16BrClFNO2. The lowest BCUT2D eigenvalue weighted by atomic mass is 10.3. The van der Waals surface area contributed by atoms with E-state index in [1.807, 2.05) is 0 Å². The molecule has 1 unspecified atom stereocenters. The number of benzene rings is 1. The number of rotatable bonds is 7. The maximum absolute atomic E-state index is 13.0. The Morgan fingerprint density at radius 2 is 2.26 bits per heavy atom. The highest BCUT2D eigenvalue weighted by Crippen LogP contribution is 2.31. The van der Waals surface area contributed by atoms with Gasteiger partial charge in [0.1, 0.15) is 5.82 Å². The number of ether oxygens (including phenoxy) is 1. The third-order valence-electron chi connectivity index (χ3n) is 2.88. The molecule has 6 heteroatoms. The first kappa shape index (κ1) is 15.0. The average molecular weight is 353 g/mol. The van der Waals surface area contributed by atoms with E-state index >= 15 is 0 Å². The Balaban J connectivity index is 1.77. The first-order chi connectivity index (χ1) is 9.06. The molecule has 1 atom stereocenters. The third-order valence-corrected chi connectivity index (χ3v) is 3.81. The molecule has 1 aromatic rings. The molecule has 0 saturated heterocycles. The van der Waals surface area contributed by atoms with E-state index in [1.54, 1.807) is 0 Å². The number of anilines is 1. The highest BCUT2D eigenvalue weighted by atomic mass is 79.9. The van der Waals surface area contributed by atoms with E-state index in [4.69, 9.17) is 16.3 Å². The van der Waals surface area contributed by atoms with Gasteiger partial charge in [0.15, 0.2) is 0 Å². The molecule has 0 heterocycles. The fourth-order valence-electron chi connectivity index (χ4n) is 1.65. The van der Waals surface area contributed by atoms with Crippen LogP contribution < -0.4 is 5.32 Å². The molecule has 3 nitrogen and oxygen atoms in total. The van der Waals surface area contributed by atoms with Crippen molar-refractivity contribution in [2.45, 2.75) is 18.9 Å². The molecule has 1 aliphatic rings. The minimum Gasteiger partial charge on any atom is -0.389 e. The smallest absolute Gasteiger partial charge is 0.125 e. The molecule has 2 N–H and O–H groups in total. The molecule has 19 heavy (non-hydrogen) atoms. The zero-order valence-corrected chi connectivity index (χ0v) is 12.7. The van der Waals surface area contributed by atoms with E-state index in [-0.39, 0.29) is 5.02 Å². The van der Waals surface area contributed by atoms with Gasteiger partial charge in [-0.1, -0.05) is 11.6 Å². The van der Waals surface area contributed by atoms with Crippen molar-refractivity contribution in [3.8, 4) is 0 Å². The summed E-state index contributed by atoms with van der Waals surface area (Å²) in [6.07, 6.45) is 1.84. The van der Waals surface area contributed by atoms with Crippen LogP contribution in [0.1, 0.15) is 12.8 Å². The van der Waals surface area contributed by atoms with Crippen LogP contribution in [0.3, 0.4) is 0 Å². The van der Waals surface area contributed by atoms with Crippen molar-refractivity contribution >= 4 is 33.2 Å². The lowest BCUT2D eigenvalue weighted by Crippen LogP contribution is -2.25. The van der Waals surface area contributed by atoms with Gasteiger partial charge in [-0.25, -0.2) is 4.39 Å². The van der Waals surface area contributed by atoms with E-state index in [0.29, 0.717) is 29.2 Å². The van der Waals surface area contributed by atoms with E-state index in [9.17, 15) is 9.50 Å². The van der Waals surface area contributed by atoms with Crippen LogP contribution in [0, 0.1) is 11.7 Å². The molecule has 1 aromatic carbocycles. The van der Waals surface area contributed by atoms with Crippen LogP contribution in [0.15, 0.2) is 16.6 Å². The summed E-state index contributed by atoms with van der Waals surface area (Å²) in [6.45, 7) is 1.31. The molecule has 106 valence electrons. The lowest BCUT2D eigenvalue weighted by molar-refractivity contribution is 0.0386. The maximum atomic E-state index is 13.0. The average Bonchev–Trinajstić information content (AvgIpc) is 3.11. The van der Waals surface area contributed by atoms with Gasteiger partial charge in [-0.05, 0) is 46.8 Å². The van der Waals surface area contributed by atoms with Gasteiger partial charge >= 0.3 is 0 Å². The number of hydrogen-bond acceptors (Lipinski definition) is 3. The summed E-state index contributed by atoms with van der Waals surface area (Å²) in [6, 6.07) is 2.55. The Morgan fingerprint density at radius 1 is 1.53 bits per heavy atom. The minimum absolute atomic E-state index is 0.276. The quantitative estimate of drug-likeness (QED) is 0.790. The Bertz CT molecular complexity index is 420. The molecule has 1 aliphatic carbocycles. The zero-order valence-electron chi connectivity index (χ0n) is 10.3. The van der Waals surface area contributed by atoms with E-state index < -0.39 is 11.9 Å². The normalized spacial score (nSPS) is 16.4. The van der Waals surface area contributed by atoms with Gasteiger partial charge in [-0.2, -0.15) is 0 Å². The topological polar surface area (TPSA) is 41.5 Å². The van der Waals surface area contributed by atoms with Crippen molar-refractivity contribution in [1.82, 2.24) is 0 Å². The molecule has 0 spiro atoms. The summed E-state index contributed by atoms with van der Waals surface area (Å²) in [5.41, 5.74) is 0.573. The number of nitrogens with one attached hydrogen (secondary N) is 1. The van der Waals surface area contributed by atoms with Gasteiger partial charge in [-0.15, -0.1) is 0 Å². The van der Waals surface area contributed by atoms with Crippen LogP contribution in [0.25, 0.3) is 0 Å². The van der Waals surface area contributed by atoms with Crippen LogP contribution in [0.5, 0.6) is 0 Å². The highest BCUT2D eigenvalue weighted by molar-refractivity contribution is 9.10. The molecule has 2 rings (SSSR count). The van der Waals surface area contributed by atoms with Crippen LogP contribution in [-0.2, 0) is 4.74 Å². The van der Waals surface area contributed by atoms with Crippen molar-refractivity contribution in [3.63, 3.8) is 0 Å². The van der Waals surface area contributed by atoms with Crippen molar-refractivity contribution in [2.75, 3.05) is 25.1 Å². The van der Waals surface area contributed by atoms with Crippen LogP contribution >= 0.6 is 27.5 Å². The Morgan fingerprint density at radius 3 is 2.89 bits per heavy atom. The minimum atomic E-state index is -0.619. The van der Waals surface area contributed by atoms with E-state index in [1.165, 1.54) is 25.0 Å². The number of aliphatic hydroxyl groups excluding tert-OH is 1. The SMILES string of the molecule is OC(CNc1c(Cl)cc(F)cc1Br)COCC1CC1. The predicted molar refractivity (Wildman–Crippen MR) is 77.1 cm³/mol. The second-order valence-electron chi connectivity index (χ2n) is 4.76. The van der Waals surface area contributed by atoms with Gasteiger partial charge in [0.05, 0.1) is 23.4 Å². The molecule has 0 radical (unpaired) electrons. The first-order valence-corrected chi connectivity index (χ1v) is 7.37. The Hall–Kier alpha value is -0.360. The third kappa shape index (κ3) is 4.91. The molecule has 0 bridgehead atoms. The van der Waals surface area contributed by atoms with Crippen molar-refractivity contribution < 1.29 is 14.2 Å². The van der Waals surface area contributed by atoms with Crippen molar-refractivity contribution in [3.05, 3.63) is 27.4 Å². The predicted octanol–water partition coefficient (Wildman–Crippen LogP) is 3.44. The first-order valence-electron chi connectivity index (χ1n) is 6.20. The summed E-state index contributed by atoms with van der Waals surface area (Å²) >= 11 is 9.16. The van der Waals surface area contributed by atoms with Crippen molar-refractivity contribution in [1.29, 1.82) is 0 Å². The number of halogens is 3. The van der Waals surface area contributed by atoms with Crippen LogP contribution in [0.4, 0.5) is 10.1 Å². The fourth-order valence-corrected chi connectivity index (χ4v) is 2.60. The molecule has 0 aliphatic heterocycles. The molecule has 0 amide bonds. The standard InChI is InChI=1S/C13H16BrClFNO2/c14-11-3-9(16)4-12(15)13(11)17-5-10(18)7-19-6-8-1-2-8/h3-4,8,10,17-18H,1-2,5-7H2. The van der Waals surface area contributed by atoms with Gasteiger partial charge in [0.25, 0.3) is 0 Å². The van der Waals surface area contributed by atoms with Gasteiger partial charge < -0.3 is 15.2 Å². The summed E-state index contributed by atoms with van der Waals surface area (Å²) in [5, 5.41) is 13.0. The summed E-state index contributed by atoms with van der Waals surface area (Å²) in [5.74, 6) is 0.275. The monoisotopic (exact) mass is 351 g/mol. The van der Waals surface area contributed by atoms with Crippen LogP contribution in [0.2, 0.25) is 5.02 Å². The zero-order chi connectivity index (χ0) is 13.8. The van der Waals surface area contributed by atoms with Crippen molar-refractivity contribution in [2.24, 2.45) is 5.92 Å². The summed E-state index contributed by atoms with van der Waals surface area (Å²) in [4.78, 5) is 0. The van der Waals surface area contributed by atoms with E-state index in [0.717, 1.165) is 6.61 Å². The number of aliphatic hydroxyl groups is 1. The summed E-state index contributed by atoms with van der Waals surface area (Å²) in [7, 11) is 0. The molecule has 1 fully saturated rings. The lowest BCUT2D eigenvalue weighted by Gasteiger charge is -2.15. The largest absolute Gasteiger partial charge is 0.389 e.